The van der Waals surface area contributed by atoms with Gasteiger partial charge in [0.2, 0.25) is 5.91 Å². The minimum atomic E-state index is -0.648. The van der Waals surface area contributed by atoms with E-state index in [-0.39, 0.29) is 11.8 Å². The summed E-state index contributed by atoms with van der Waals surface area (Å²) in [4.78, 5) is 13.5. The average Bonchev–Trinajstić information content (AvgIpc) is 2.41. The molecule has 1 amide bonds. The minimum absolute atomic E-state index is 0.119. The molecule has 0 saturated carbocycles. The van der Waals surface area contributed by atoms with Crippen LogP contribution in [0, 0.1) is 5.92 Å². The lowest BCUT2D eigenvalue weighted by molar-refractivity contribution is -0.124. The SMILES string of the molecule is CC1CCC(C(N)=O)CN1CC(O)c1ccccc1N. The lowest BCUT2D eigenvalue weighted by Gasteiger charge is -2.38. The predicted octanol–water partition coefficient (Wildman–Crippen LogP) is 0.888. The zero-order valence-corrected chi connectivity index (χ0v) is 11.8. The molecule has 1 aromatic rings. The van der Waals surface area contributed by atoms with Gasteiger partial charge in [-0.2, -0.15) is 0 Å². The van der Waals surface area contributed by atoms with E-state index in [1.165, 1.54) is 0 Å². The molecule has 0 bridgehead atoms. The summed E-state index contributed by atoms with van der Waals surface area (Å²) in [5.74, 6) is -0.373. The number of para-hydroxylation sites is 1. The maximum atomic E-state index is 11.3. The first-order chi connectivity index (χ1) is 9.49. The number of nitrogen functional groups attached to an aromatic ring is 1. The monoisotopic (exact) mass is 277 g/mol. The Labute approximate surface area is 119 Å². The van der Waals surface area contributed by atoms with Crippen molar-refractivity contribution in [2.45, 2.75) is 31.9 Å². The van der Waals surface area contributed by atoms with Crippen LogP contribution in [-0.4, -0.2) is 35.0 Å². The fourth-order valence-electron chi connectivity index (χ4n) is 2.80. The molecular formula is C15H23N3O2. The van der Waals surface area contributed by atoms with Gasteiger partial charge >= 0.3 is 0 Å². The van der Waals surface area contributed by atoms with Gasteiger partial charge in [-0.3, -0.25) is 9.69 Å². The van der Waals surface area contributed by atoms with Crippen molar-refractivity contribution in [1.82, 2.24) is 4.90 Å². The molecule has 20 heavy (non-hydrogen) atoms. The zero-order valence-electron chi connectivity index (χ0n) is 11.8. The summed E-state index contributed by atoms with van der Waals surface area (Å²) < 4.78 is 0. The van der Waals surface area contributed by atoms with Crippen molar-refractivity contribution in [3.05, 3.63) is 29.8 Å². The number of hydrogen-bond donors (Lipinski definition) is 3. The van der Waals surface area contributed by atoms with Crippen molar-refractivity contribution in [2.75, 3.05) is 18.8 Å². The van der Waals surface area contributed by atoms with Crippen LogP contribution in [0.15, 0.2) is 24.3 Å². The molecule has 3 atom stereocenters. The highest BCUT2D eigenvalue weighted by molar-refractivity contribution is 5.77. The third kappa shape index (κ3) is 3.29. The third-order valence-electron chi connectivity index (χ3n) is 4.18. The van der Waals surface area contributed by atoms with Gasteiger partial charge in [0.1, 0.15) is 0 Å². The number of nitrogens with two attached hydrogens (primary N) is 2. The summed E-state index contributed by atoms with van der Waals surface area (Å²) >= 11 is 0. The van der Waals surface area contributed by atoms with Gasteiger partial charge < -0.3 is 16.6 Å². The van der Waals surface area contributed by atoms with Gasteiger partial charge in [-0.05, 0) is 25.8 Å². The second-order valence-electron chi connectivity index (χ2n) is 5.62. The van der Waals surface area contributed by atoms with Gasteiger partial charge in [0.15, 0.2) is 0 Å². The number of nitrogens with zero attached hydrogens (tertiary/aromatic N) is 1. The number of primary amides is 1. The lowest BCUT2D eigenvalue weighted by atomic mass is 9.92. The molecule has 3 unspecified atom stereocenters. The highest BCUT2D eigenvalue weighted by Crippen LogP contribution is 2.26. The molecule has 1 aromatic carbocycles. The minimum Gasteiger partial charge on any atom is -0.398 e. The van der Waals surface area contributed by atoms with Crippen molar-refractivity contribution in [3.8, 4) is 0 Å². The summed E-state index contributed by atoms with van der Waals surface area (Å²) in [6, 6.07) is 7.66. The van der Waals surface area contributed by atoms with Crippen LogP contribution in [0.3, 0.4) is 0 Å². The summed E-state index contributed by atoms with van der Waals surface area (Å²) in [5, 5.41) is 10.4. The Morgan fingerprint density at radius 3 is 2.80 bits per heavy atom. The third-order valence-corrected chi connectivity index (χ3v) is 4.18. The van der Waals surface area contributed by atoms with Crippen molar-refractivity contribution in [2.24, 2.45) is 11.7 Å². The molecular weight excluding hydrogens is 254 g/mol. The number of rotatable bonds is 4. The van der Waals surface area contributed by atoms with Crippen LogP contribution in [0.25, 0.3) is 0 Å². The molecule has 1 aliphatic rings. The molecule has 0 aromatic heterocycles. The molecule has 1 aliphatic heterocycles. The maximum absolute atomic E-state index is 11.3. The van der Waals surface area contributed by atoms with E-state index in [1.54, 1.807) is 6.07 Å². The second-order valence-corrected chi connectivity index (χ2v) is 5.62. The topological polar surface area (TPSA) is 92.6 Å². The first-order valence-corrected chi connectivity index (χ1v) is 7.05. The summed E-state index contributed by atoms with van der Waals surface area (Å²) in [5.41, 5.74) is 12.6. The van der Waals surface area contributed by atoms with E-state index in [0.29, 0.717) is 24.8 Å². The van der Waals surface area contributed by atoms with E-state index >= 15 is 0 Å². The van der Waals surface area contributed by atoms with Gasteiger partial charge in [0, 0.05) is 30.4 Å². The predicted molar refractivity (Wildman–Crippen MR) is 78.8 cm³/mol. The summed E-state index contributed by atoms with van der Waals surface area (Å²) in [6.45, 7) is 3.19. The van der Waals surface area contributed by atoms with Crippen LogP contribution in [0.4, 0.5) is 5.69 Å². The molecule has 5 nitrogen and oxygen atoms in total. The Morgan fingerprint density at radius 2 is 2.15 bits per heavy atom. The lowest BCUT2D eigenvalue weighted by Crippen LogP contribution is -2.47. The van der Waals surface area contributed by atoms with E-state index in [4.69, 9.17) is 11.5 Å². The van der Waals surface area contributed by atoms with Crippen LogP contribution in [0.2, 0.25) is 0 Å². The highest BCUT2D eigenvalue weighted by Gasteiger charge is 2.30. The van der Waals surface area contributed by atoms with Gasteiger partial charge in [-0.15, -0.1) is 0 Å². The highest BCUT2D eigenvalue weighted by atomic mass is 16.3. The smallest absolute Gasteiger partial charge is 0.221 e. The molecule has 0 spiro atoms. The number of likely N-dealkylation sites (tertiary alicyclic amines) is 1. The van der Waals surface area contributed by atoms with Crippen LogP contribution >= 0.6 is 0 Å². The number of piperidine rings is 1. The summed E-state index contributed by atoms with van der Waals surface area (Å²) in [6.07, 6.45) is 1.10. The number of benzene rings is 1. The van der Waals surface area contributed by atoms with Crippen molar-refractivity contribution < 1.29 is 9.90 Å². The zero-order chi connectivity index (χ0) is 14.7. The molecule has 5 N–H and O–H groups in total. The Kier molecular flexibility index (Phi) is 4.62. The first kappa shape index (κ1) is 14.8. The van der Waals surface area contributed by atoms with Crippen molar-refractivity contribution in [1.29, 1.82) is 0 Å². The Bertz CT molecular complexity index is 478. The molecule has 1 saturated heterocycles. The normalized spacial score (nSPS) is 25.3. The molecule has 2 rings (SSSR count). The molecule has 0 radical (unpaired) electrons. The van der Waals surface area contributed by atoms with Gasteiger partial charge in [0.25, 0.3) is 0 Å². The van der Waals surface area contributed by atoms with Crippen LogP contribution in [-0.2, 0) is 4.79 Å². The first-order valence-electron chi connectivity index (χ1n) is 7.05. The number of β-amino-alcohol motifs (C(OH)–C–C–N with tert-alkyl or cyclic N) is 1. The Morgan fingerprint density at radius 1 is 1.45 bits per heavy atom. The maximum Gasteiger partial charge on any atom is 0.221 e. The Hall–Kier alpha value is -1.59. The largest absolute Gasteiger partial charge is 0.398 e. The molecule has 1 fully saturated rings. The average molecular weight is 277 g/mol. The number of hydrogen-bond acceptors (Lipinski definition) is 4. The second kappa shape index (κ2) is 6.24. The van der Waals surface area contributed by atoms with E-state index in [2.05, 4.69) is 11.8 Å². The van der Waals surface area contributed by atoms with Crippen LogP contribution < -0.4 is 11.5 Å². The van der Waals surface area contributed by atoms with E-state index in [9.17, 15) is 9.90 Å². The van der Waals surface area contributed by atoms with Gasteiger partial charge in [0.05, 0.1) is 12.0 Å². The number of aliphatic hydroxyl groups excluding tert-OH is 1. The number of carbonyl (C=O) groups is 1. The van der Waals surface area contributed by atoms with Crippen LogP contribution in [0.1, 0.15) is 31.4 Å². The molecule has 1 heterocycles. The molecule has 0 aliphatic carbocycles. The number of anilines is 1. The van der Waals surface area contributed by atoms with E-state index in [1.807, 2.05) is 18.2 Å². The molecule has 5 heteroatoms. The van der Waals surface area contributed by atoms with E-state index < -0.39 is 6.10 Å². The van der Waals surface area contributed by atoms with E-state index in [0.717, 1.165) is 18.4 Å². The molecule has 110 valence electrons. The van der Waals surface area contributed by atoms with Crippen molar-refractivity contribution in [3.63, 3.8) is 0 Å². The number of aliphatic hydroxyl groups is 1. The fraction of sp³-hybridized carbons (Fsp3) is 0.533. The fourth-order valence-corrected chi connectivity index (χ4v) is 2.80. The van der Waals surface area contributed by atoms with Crippen LogP contribution in [0.5, 0.6) is 0 Å². The number of amides is 1. The van der Waals surface area contributed by atoms with Crippen molar-refractivity contribution >= 4 is 11.6 Å². The number of carbonyl (C=O) groups excluding carboxylic acids is 1. The van der Waals surface area contributed by atoms with Gasteiger partial charge in [-0.25, -0.2) is 0 Å². The quantitative estimate of drug-likeness (QED) is 0.713. The summed E-state index contributed by atoms with van der Waals surface area (Å²) in [7, 11) is 0. The van der Waals surface area contributed by atoms with Gasteiger partial charge in [-0.1, -0.05) is 18.2 Å². The standard InChI is InChI=1S/C15H23N3O2/c1-10-6-7-11(15(17)20)8-18(10)9-14(19)12-4-2-3-5-13(12)16/h2-5,10-11,14,19H,6-9,16H2,1H3,(H2,17,20). The Balaban J connectivity index is 2.04.